The normalized spacial score (nSPS) is 18.9. The number of rotatable bonds is 7. The van der Waals surface area contributed by atoms with Crippen molar-refractivity contribution in [2.75, 3.05) is 31.6 Å². The zero-order chi connectivity index (χ0) is 22.3. The molecule has 0 radical (unpaired) electrons. The molecule has 4 rings (SSSR count). The number of nitrogens with one attached hydrogen (secondary N) is 2. The Labute approximate surface area is 191 Å². The van der Waals surface area contributed by atoms with E-state index in [2.05, 4.69) is 27.0 Å². The molecule has 0 spiro atoms. The second-order valence-corrected chi connectivity index (χ2v) is 8.37. The van der Waals surface area contributed by atoms with E-state index in [0.717, 1.165) is 43.6 Å². The van der Waals surface area contributed by atoms with Crippen LogP contribution >= 0.6 is 11.6 Å². The molecule has 0 saturated carbocycles. The fraction of sp³-hybridized carbons (Fsp3) is 0.455. The lowest BCUT2D eigenvalue weighted by Crippen LogP contribution is -2.32. The van der Waals surface area contributed by atoms with Crippen molar-refractivity contribution in [3.63, 3.8) is 0 Å². The third-order valence-corrected chi connectivity index (χ3v) is 5.90. The van der Waals surface area contributed by atoms with Gasteiger partial charge in [-0.25, -0.2) is 4.98 Å². The Kier molecular flexibility index (Phi) is 7.37. The number of nitriles is 1. The SMILES string of the molecule is N#CN1CCC(c2ccc(CC(=O)Nc3cc(ONC4CCOC4)c(Cl)cn3)cn2)CC1. The molecule has 2 aliphatic rings. The summed E-state index contributed by atoms with van der Waals surface area (Å²) in [7, 11) is 0. The number of nitrogens with zero attached hydrogens (tertiary/aromatic N) is 4. The summed E-state index contributed by atoms with van der Waals surface area (Å²) in [4.78, 5) is 28.5. The van der Waals surface area contributed by atoms with Crippen molar-refractivity contribution in [2.24, 2.45) is 0 Å². The van der Waals surface area contributed by atoms with Crippen molar-refractivity contribution >= 4 is 23.3 Å². The van der Waals surface area contributed by atoms with Gasteiger partial charge in [0.1, 0.15) is 10.8 Å². The van der Waals surface area contributed by atoms with E-state index in [1.165, 1.54) is 6.20 Å². The summed E-state index contributed by atoms with van der Waals surface area (Å²) >= 11 is 6.14. The van der Waals surface area contributed by atoms with E-state index in [4.69, 9.17) is 26.4 Å². The van der Waals surface area contributed by atoms with Gasteiger partial charge in [-0.3, -0.25) is 9.78 Å². The molecule has 2 aromatic rings. The molecule has 0 aliphatic carbocycles. The predicted molar refractivity (Wildman–Crippen MR) is 118 cm³/mol. The molecule has 4 heterocycles. The summed E-state index contributed by atoms with van der Waals surface area (Å²) in [5.41, 5.74) is 4.74. The summed E-state index contributed by atoms with van der Waals surface area (Å²) in [6.07, 6.45) is 8.23. The quantitative estimate of drug-likeness (QED) is 0.483. The highest BCUT2D eigenvalue weighted by atomic mass is 35.5. The second-order valence-electron chi connectivity index (χ2n) is 7.96. The van der Waals surface area contributed by atoms with Crippen LogP contribution in [0.4, 0.5) is 5.82 Å². The minimum atomic E-state index is -0.209. The number of hydrogen-bond donors (Lipinski definition) is 2. The van der Waals surface area contributed by atoms with Gasteiger partial charge in [0.15, 0.2) is 11.9 Å². The molecule has 2 aliphatic heterocycles. The first-order valence-electron chi connectivity index (χ1n) is 10.7. The van der Waals surface area contributed by atoms with E-state index in [1.54, 1.807) is 17.2 Å². The van der Waals surface area contributed by atoms with Gasteiger partial charge in [-0.1, -0.05) is 17.7 Å². The number of carbonyl (C=O) groups is 1. The number of amides is 1. The topological polar surface area (TPSA) is 112 Å². The number of anilines is 1. The number of ether oxygens (including phenoxy) is 1. The average Bonchev–Trinajstić information content (AvgIpc) is 3.34. The largest absolute Gasteiger partial charge is 0.407 e. The standard InChI is InChI=1S/C22H25ClN6O3/c23-18-12-26-21(10-20(18)32-28-17-5-8-31-13-17)27-22(30)9-15-1-2-19(25-11-15)16-3-6-29(14-24)7-4-16/h1-2,10-12,16-17,28H,3-9,13H2,(H,26,27,30). The van der Waals surface area contributed by atoms with E-state index in [1.807, 2.05) is 12.1 Å². The number of aromatic nitrogens is 2. The first-order valence-corrected chi connectivity index (χ1v) is 11.0. The number of halogens is 1. The highest BCUT2D eigenvalue weighted by Crippen LogP contribution is 2.27. The minimum absolute atomic E-state index is 0.103. The van der Waals surface area contributed by atoms with Gasteiger partial charge in [0.05, 0.1) is 25.3 Å². The molecule has 2 N–H and O–H groups in total. The molecule has 2 saturated heterocycles. The second kappa shape index (κ2) is 10.6. The van der Waals surface area contributed by atoms with Gasteiger partial charge in [0.2, 0.25) is 5.91 Å². The summed E-state index contributed by atoms with van der Waals surface area (Å²) in [6.45, 7) is 2.80. The van der Waals surface area contributed by atoms with E-state index < -0.39 is 0 Å². The number of piperidine rings is 1. The fourth-order valence-corrected chi connectivity index (χ4v) is 3.91. The Morgan fingerprint density at radius 3 is 2.81 bits per heavy atom. The molecule has 0 bridgehead atoms. The van der Waals surface area contributed by atoms with Crippen LogP contribution in [0.25, 0.3) is 0 Å². The third-order valence-electron chi connectivity index (χ3n) is 5.62. The lowest BCUT2D eigenvalue weighted by atomic mass is 9.93. The fourth-order valence-electron chi connectivity index (χ4n) is 3.77. The Bertz CT molecular complexity index is 967. The highest BCUT2D eigenvalue weighted by molar-refractivity contribution is 6.32. The summed E-state index contributed by atoms with van der Waals surface area (Å²) in [5.74, 6) is 0.883. The number of pyridine rings is 2. The van der Waals surface area contributed by atoms with E-state index in [9.17, 15) is 4.79 Å². The van der Waals surface area contributed by atoms with Crippen LogP contribution in [0.1, 0.15) is 36.4 Å². The van der Waals surface area contributed by atoms with Crippen LogP contribution in [0.2, 0.25) is 5.02 Å². The van der Waals surface area contributed by atoms with Crippen molar-refractivity contribution in [1.82, 2.24) is 20.3 Å². The maximum Gasteiger partial charge on any atom is 0.230 e. The molecule has 32 heavy (non-hydrogen) atoms. The molecule has 1 atom stereocenters. The number of carbonyl (C=O) groups excluding carboxylic acids is 1. The molecular formula is C22H25ClN6O3. The van der Waals surface area contributed by atoms with Crippen LogP contribution in [0.5, 0.6) is 5.75 Å². The van der Waals surface area contributed by atoms with Crippen molar-refractivity contribution in [3.05, 3.63) is 46.9 Å². The van der Waals surface area contributed by atoms with Crippen LogP contribution < -0.4 is 15.6 Å². The maximum absolute atomic E-state index is 12.5. The Morgan fingerprint density at radius 1 is 1.28 bits per heavy atom. The van der Waals surface area contributed by atoms with Gasteiger partial charge in [-0.2, -0.15) is 10.7 Å². The van der Waals surface area contributed by atoms with E-state index >= 15 is 0 Å². The molecule has 0 aromatic carbocycles. The summed E-state index contributed by atoms with van der Waals surface area (Å²) in [5, 5.41) is 12.1. The van der Waals surface area contributed by atoms with E-state index in [0.29, 0.717) is 35.7 Å². The van der Waals surface area contributed by atoms with Gasteiger partial charge in [-0.05, 0) is 30.9 Å². The zero-order valence-corrected chi connectivity index (χ0v) is 18.3. The van der Waals surface area contributed by atoms with Crippen LogP contribution in [0.15, 0.2) is 30.6 Å². The Hall–Kier alpha value is -2.93. The van der Waals surface area contributed by atoms with Gasteiger partial charge in [0.25, 0.3) is 0 Å². The summed E-state index contributed by atoms with van der Waals surface area (Å²) in [6, 6.07) is 5.58. The molecule has 168 valence electrons. The van der Waals surface area contributed by atoms with Crippen molar-refractivity contribution < 1.29 is 14.4 Å². The van der Waals surface area contributed by atoms with E-state index in [-0.39, 0.29) is 18.4 Å². The van der Waals surface area contributed by atoms with Gasteiger partial charge < -0.3 is 19.8 Å². The monoisotopic (exact) mass is 456 g/mol. The van der Waals surface area contributed by atoms with Crippen molar-refractivity contribution in [2.45, 2.75) is 37.6 Å². The first-order chi connectivity index (χ1) is 15.6. The Morgan fingerprint density at radius 2 is 2.12 bits per heavy atom. The number of hydroxylamine groups is 1. The molecule has 1 amide bonds. The van der Waals surface area contributed by atoms with Gasteiger partial charge in [0, 0.05) is 43.6 Å². The zero-order valence-electron chi connectivity index (χ0n) is 17.6. The Balaban J connectivity index is 1.29. The molecule has 10 heteroatoms. The van der Waals surface area contributed by atoms with Crippen LogP contribution in [-0.4, -0.2) is 53.1 Å². The minimum Gasteiger partial charge on any atom is -0.407 e. The molecular weight excluding hydrogens is 432 g/mol. The van der Waals surface area contributed by atoms with Crippen LogP contribution in [0.3, 0.4) is 0 Å². The van der Waals surface area contributed by atoms with Gasteiger partial charge >= 0.3 is 0 Å². The lowest BCUT2D eigenvalue weighted by molar-refractivity contribution is -0.115. The smallest absolute Gasteiger partial charge is 0.230 e. The third kappa shape index (κ3) is 5.85. The molecule has 9 nitrogen and oxygen atoms in total. The highest BCUT2D eigenvalue weighted by Gasteiger charge is 2.21. The average molecular weight is 457 g/mol. The van der Waals surface area contributed by atoms with Crippen molar-refractivity contribution in [3.8, 4) is 11.9 Å². The van der Waals surface area contributed by atoms with Gasteiger partial charge in [-0.15, -0.1) is 0 Å². The number of likely N-dealkylation sites (tertiary alicyclic amines) is 1. The first kappa shape index (κ1) is 22.3. The number of hydrogen-bond acceptors (Lipinski definition) is 8. The van der Waals surface area contributed by atoms with Crippen molar-refractivity contribution in [1.29, 1.82) is 5.26 Å². The molecule has 2 fully saturated rings. The predicted octanol–water partition coefficient (Wildman–Crippen LogP) is 2.64. The lowest BCUT2D eigenvalue weighted by Gasteiger charge is -2.27. The van der Waals surface area contributed by atoms with Crippen LogP contribution in [0, 0.1) is 11.5 Å². The maximum atomic E-state index is 12.5. The summed E-state index contributed by atoms with van der Waals surface area (Å²) < 4.78 is 5.30. The molecule has 2 aromatic heterocycles. The molecule has 1 unspecified atom stereocenters. The van der Waals surface area contributed by atoms with Crippen LogP contribution in [-0.2, 0) is 16.0 Å².